The smallest absolute Gasteiger partial charge is 0.405 e. The van der Waals surface area contributed by atoms with E-state index in [-0.39, 0.29) is 29.7 Å². The van der Waals surface area contributed by atoms with E-state index in [1.807, 2.05) is 0 Å². The van der Waals surface area contributed by atoms with E-state index in [0.717, 1.165) is 12.8 Å². The number of ether oxygens (including phenoxy) is 1. The Morgan fingerprint density at radius 3 is 2.33 bits per heavy atom. The fraction of sp³-hybridized carbons (Fsp3) is 0.263. The molecule has 3 rings (SSSR count). The van der Waals surface area contributed by atoms with Crippen LogP contribution in [0.2, 0.25) is 0 Å². The minimum Gasteiger partial charge on any atom is -0.405 e. The molecule has 0 unspecified atom stereocenters. The van der Waals surface area contributed by atoms with Gasteiger partial charge in [0.25, 0.3) is 5.91 Å². The topological polar surface area (TPSA) is 67.4 Å². The molecular formula is C19H17F3N2O3. The first-order chi connectivity index (χ1) is 12.8. The zero-order valence-electron chi connectivity index (χ0n) is 14.2. The van der Waals surface area contributed by atoms with E-state index in [0.29, 0.717) is 11.3 Å². The van der Waals surface area contributed by atoms with Crippen molar-refractivity contribution in [2.24, 2.45) is 5.92 Å². The SMILES string of the molecule is O=C(NCc1ccccc1OC(F)(F)F)c1ccc(NC(=O)C2CC2)cc1. The van der Waals surface area contributed by atoms with Crippen molar-refractivity contribution in [1.29, 1.82) is 0 Å². The zero-order valence-corrected chi connectivity index (χ0v) is 14.2. The third kappa shape index (κ3) is 5.47. The first kappa shape index (κ1) is 18.8. The van der Waals surface area contributed by atoms with Crippen molar-refractivity contribution < 1.29 is 27.5 Å². The Bertz CT molecular complexity index is 831. The highest BCUT2D eigenvalue weighted by atomic mass is 19.4. The second-order valence-corrected chi connectivity index (χ2v) is 6.18. The average molecular weight is 378 g/mol. The third-order valence-corrected chi connectivity index (χ3v) is 4.00. The van der Waals surface area contributed by atoms with Crippen LogP contribution in [0.3, 0.4) is 0 Å². The Hall–Kier alpha value is -3.03. The maximum absolute atomic E-state index is 12.4. The summed E-state index contributed by atoms with van der Waals surface area (Å²) in [7, 11) is 0. The lowest BCUT2D eigenvalue weighted by Gasteiger charge is -2.13. The molecule has 0 bridgehead atoms. The number of nitrogens with one attached hydrogen (secondary N) is 2. The van der Waals surface area contributed by atoms with Crippen molar-refractivity contribution in [3.05, 3.63) is 59.7 Å². The summed E-state index contributed by atoms with van der Waals surface area (Å²) in [4.78, 5) is 23.9. The van der Waals surface area contributed by atoms with Gasteiger partial charge in [-0.3, -0.25) is 9.59 Å². The number of carbonyl (C=O) groups is 2. The maximum atomic E-state index is 12.4. The lowest BCUT2D eigenvalue weighted by molar-refractivity contribution is -0.274. The van der Waals surface area contributed by atoms with Gasteiger partial charge in [0.2, 0.25) is 5.91 Å². The number of hydrogen-bond donors (Lipinski definition) is 2. The minimum absolute atomic E-state index is 0.0338. The van der Waals surface area contributed by atoms with Gasteiger partial charge < -0.3 is 15.4 Å². The van der Waals surface area contributed by atoms with Crippen LogP contribution in [0.1, 0.15) is 28.8 Å². The summed E-state index contributed by atoms with van der Waals surface area (Å²) in [6, 6.07) is 11.9. The summed E-state index contributed by atoms with van der Waals surface area (Å²) < 4.78 is 41.2. The Morgan fingerprint density at radius 2 is 1.70 bits per heavy atom. The molecule has 1 saturated carbocycles. The van der Waals surface area contributed by atoms with E-state index in [1.54, 1.807) is 18.2 Å². The molecule has 1 aliphatic rings. The van der Waals surface area contributed by atoms with Gasteiger partial charge in [0.15, 0.2) is 0 Å². The summed E-state index contributed by atoms with van der Waals surface area (Å²) in [6.45, 7) is -0.120. The minimum atomic E-state index is -4.80. The highest BCUT2D eigenvalue weighted by molar-refractivity contribution is 5.96. The fourth-order valence-electron chi connectivity index (χ4n) is 2.45. The average Bonchev–Trinajstić information content (AvgIpc) is 3.45. The second-order valence-electron chi connectivity index (χ2n) is 6.18. The predicted molar refractivity (Wildman–Crippen MR) is 92.1 cm³/mol. The van der Waals surface area contributed by atoms with E-state index >= 15 is 0 Å². The van der Waals surface area contributed by atoms with Crippen molar-refractivity contribution in [2.75, 3.05) is 5.32 Å². The second kappa shape index (κ2) is 7.69. The molecule has 0 spiro atoms. The quantitative estimate of drug-likeness (QED) is 0.802. The molecule has 0 heterocycles. The number of anilines is 1. The number of para-hydroxylation sites is 1. The van der Waals surface area contributed by atoms with Gasteiger partial charge in [-0.05, 0) is 43.2 Å². The van der Waals surface area contributed by atoms with Gasteiger partial charge in [-0.2, -0.15) is 0 Å². The van der Waals surface area contributed by atoms with Crippen molar-refractivity contribution >= 4 is 17.5 Å². The van der Waals surface area contributed by atoms with Gasteiger partial charge in [0.05, 0.1) is 0 Å². The molecule has 8 heteroatoms. The van der Waals surface area contributed by atoms with Crippen LogP contribution in [-0.2, 0) is 11.3 Å². The van der Waals surface area contributed by atoms with Crippen LogP contribution < -0.4 is 15.4 Å². The van der Waals surface area contributed by atoms with Gasteiger partial charge in [-0.25, -0.2) is 0 Å². The molecule has 142 valence electrons. The maximum Gasteiger partial charge on any atom is 0.573 e. The molecule has 0 atom stereocenters. The normalized spacial score (nSPS) is 13.7. The number of carbonyl (C=O) groups excluding carboxylic acids is 2. The molecule has 0 radical (unpaired) electrons. The Morgan fingerprint density at radius 1 is 1.04 bits per heavy atom. The Kier molecular flexibility index (Phi) is 5.34. The highest BCUT2D eigenvalue weighted by Gasteiger charge is 2.32. The molecular weight excluding hydrogens is 361 g/mol. The van der Waals surface area contributed by atoms with E-state index in [2.05, 4.69) is 15.4 Å². The summed E-state index contributed by atoms with van der Waals surface area (Å²) >= 11 is 0. The highest BCUT2D eigenvalue weighted by Crippen LogP contribution is 2.30. The predicted octanol–water partition coefficient (Wildman–Crippen LogP) is 3.86. The molecule has 1 aliphatic carbocycles. The largest absolute Gasteiger partial charge is 0.573 e. The zero-order chi connectivity index (χ0) is 19.4. The van der Waals surface area contributed by atoms with Crippen molar-refractivity contribution in [3.63, 3.8) is 0 Å². The van der Waals surface area contributed by atoms with Gasteiger partial charge >= 0.3 is 6.36 Å². The standard InChI is InChI=1S/C19H17F3N2O3/c20-19(21,22)27-16-4-2-1-3-14(16)11-23-17(25)12-7-9-15(10-8-12)24-18(26)13-5-6-13/h1-4,7-10,13H,5-6,11H2,(H,23,25)(H,24,26). The number of benzene rings is 2. The molecule has 27 heavy (non-hydrogen) atoms. The summed E-state index contributed by atoms with van der Waals surface area (Å²) in [6.07, 6.45) is -3.02. The van der Waals surface area contributed by atoms with Crippen molar-refractivity contribution in [1.82, 2.24) is 5.32 Å². The lowest BCUT2D eigenvalue weighted by Crippen LogP contribution is -2.24. The number of hydrogen-bond acceptors (Lipinski definition) is 3. The molecule has 2 amide bonds. The molecule has 0 saturated heterocycles. The summed E-state index contributed by atoms with van der Waals surface area (Å²) in [5, 5.41) is 5.32. The van der Waals surface area contributed by atoms with E-state index in [9.17, 15) is 22.8 Å². The van der Waals surface area contributed by atoms with Crippen LogP contribution in [0.25, 0.3) is 0 Å². The van der Waals surface area contributed by atoms with E-state index in [4.69, 9.17) is 0 Å². The molecule has 2 N–H and O–H groups in total. The van der Waals surface area contributed by atoms with Gasteiger partial charge in [0, 0.05) is 29.3 Å². The van der Waals surface area contributed by atoms with E-state index in [1.165, 1.54) is 30.3 Å². The van der Waals surface area contributed by atoms with Crippen molar-refractivity contribution in [3.8, 4) is 5.75 Å². The number of alkyl halides is 3. The molecule has 1 fully saturated rings. The van der Waals surface area contributed by atoms with Crippen LogP contribution in [0.5, 0.6) is 5.75 Å². The lowest BCUT2D eigenvalue weighted by atomic mass is 10.1. The van der Waals surface area contributed by atoms with E-state index < -0.39 is 12.3 Å². The third-order valence-electron chi connectivity index (χ3n) is 4.00. The molecule has 0 aromatic heterocycles. The van der Waals surface area contributed by atoms with Crippen molar-refractivity contribution in [2.45, 2.75) is 25.7 Å². The van der Waals surface area contributed by atoms with Crippen LogP contribution in [-0.4, -0.2) is 18.2 Å². The molecule has 2 aromatic rings. The Labute approximate surface area is 153 Å². The van der Waals surface area contributed by atoms with Gasteiger partial charge in [-0.15, -0.1) is 13.2 Å². The fourth-order valence-corrected chi connectivity index (χ4v) is 2.45. The van der Waals surface area contributed by atoms with Crippen LogP contribution in [0.4, 0.5) is 18.9 Å². The monoisotopic (exact) mass is 378 g/mol. The first-order valence-electron chi connectivity index (χ1n) is 8.34. The summed E-state index contributed by atoms with van der Waals surface area (Å²) in [5.41, 5.74) is 1.12. The molecule has 5 nitrogen and oxygen atoms in total. The Balaban J connectivity index is 1.58. The van der Waals surface area contributed by atoms with Crippen LogP contribution in [0, 0.1) is 5.92 Å². The van der Waals surface area contributed by atoms with Crippen LogP contribution >= 0.6 is 0 Å². The molecule has 2 aromatic carbocycles. The molecule has 0 aliphatic heterocycles. The first-order valence-corrected chi connectivity index (χ1v) is 8.34. The van der Waals surface area contributed by atoms with Crippen LogP contribution in [0.15, 0.2) is 48.5 Å². The number of rotatable bonds is 6. The number of amides is 2. The van der Waals surface area contributed by atoms with Gasteiger partial charge in [0.1, 0.15) is 5.75 Å². The van der Waals surface area contributed by atoms with Gasteiger partial charge in [-0.1, -0.05) is 18.2 Å². The summed E-state index contributed by atoms with van der Waals surface area (Å²) in [5.74, 6) is -0.763. The number of halogens is 3.